The van der Waals surface area contributed by atoms with Gasteiger partial charge in [0.1, 0.15) is 17.3 Å². The zero-order valence-electron chi connectivity index (χ0n) is 10.3. The first kappa shape index (κ1) is 12.8. The van der Waals surface area contributed by atoms with Crippen molar-refractivity contribution in [1.29, 1.82) is 0 Å². The number of aryl methyl sites for hydroxylation is 1. The summed E-state index contributed by atoms with van der Waals surface area (Å²) in [7, 11) is 0. The Hall–Kier alpha value is -2.63. The van der Waals surface area contributed by atoms with Crippen LogP contribution in [-0.2, 0) is 6.54 Å². The monoisotopic (exact) mass is 259 g/mol. The molecule has 0 radical (unpaired) electrons. The number of nitrogens with one attached hydrogen (secondary N) is 1. The molecule has 6 heteroatoms. The van der Waals surface area contributed by atoms with Crippen LogP contribution in [-0.4, -0.2) is 26.1 Å². The second-order valence-electron chi connectivity index (χ2n) is 3.98. The van der Waals surface area contributed by atoms with Gasteiger partial charge in [0.2, 0.25) is 0 Å². The molecule has 0 atom stereocenters. The zero-order chi connectivity index (χ0) is 13.8. The van der Waals surface area contributed by atoms with Crippen LogP contribution in [0.5, 0.6) is 11.5 Å². The van der Waals surface area contributed by atoms with Gasteiger partial charge in [0.15, 0.2) is 0 Å². The van der Waals surface area contributed by atoms with Gasteiger partial charge in [0.05, 0.1) is 17.8 Å². The van der Waals surface area contributed by atoms with Crippen molar-refractivity contribution < 1.29 is 15.0 Å². The molecule has 1 aromatic heterocycles. The van der Waals surface area contributed by atoms with Crippen LogP contribution in [0.1, 0.15) is 21.9 Å². The molecule has 98 valence electrons. The van der Waals surface area contributed by atoms with Crippen molar-refractivity contribution in [2.75, 3.05) is 0 Å². The van der Waals surface area contributed by atoms with Crippen LogP contribution >= 0.6 is 0 Å². The Labute approximate surface area is 109 Å². The summed E-state index contributed by atoms with van der Waals surface area (Å²) in [6, 6.07) is 5.46. The van der Waals surface area contributed by atoms with Crippen LogP contribution in [0.15, 0.2) is 30.5 Å². The molecule has 1 heterocycles. The second kappa shape index (κ2) is 5.34. The van der Waals surface area contributed by atoms with Gasteiger partial charge in [0, 0.05) is 6.20 Å². The predicted octanol–water partition coefficient (Wildman–Crippen LogP) is 1.13. The van der Waals surface area contributed by atoms with E-state index in [1.807, 2.05) is 0 Å². The number of hydrogen-bond donors (Lipinski definition) is 3. The molecular weight excluding hydrogens is 246 g/mol. The molecule has 0 aliphatic carbocycles. The maximum atomic E-state index is 11.9. The molecule has 6 nitrogen and oxygen atoms in total. The van der Waals surface area contributed by atoms with E-state index in [2.05, 4.69) is 15.3 Å². The van der Waals surface area contributed by atoms with Crippen molar-refractivity contribution in [3.8, 4) is 11.5 Å². The summed E-state index contributed by atoms with van der Waals surface area (Å²) in [5.41, 5.74) is 0.686. The number of carbonyl (C=O) groups is 1. The molecule has 2 aromatic rings. The number of hydrogen-bond acceptors (Lipinski definition) is 5. The Balaban J connectivity index is 2.07. The quantitative estimate of drug-likeness (QED) is 0.718. The van der Waals surface area contributed by atoms with Crippen LogP contribution in [0, 0.1) is 6.92 Å². The van der Waals surface area contributed by atoms with Crippen LogP contribution in [0.2, 0.25) is 0 Å². The molecule has 0 fully saturated rings. The van der Waals surface area contributed by atoms with Gasteiger partial charge in [-0.2, -0.15) is 0 Å². The van der Waals surface area contributed by atoms with Crippen LogP contribution in [0.3, 0.4) is 0 Å². The average Bonchev–Trinajstić information content (AvgIpc) is 2.39. The fraction of sp³-hybridized carbons (Fsp3) is 0.154. The highest BCUT2D eigenvalue weighted by atomic mass is 16.3. The molecule has 1 aromatic carbocycles. The molecule has 0 saturated carbocycles. The van der Waals surface area contributed by atoms with Crippen LogP contribution in [0.25, 0.3) is 0 Å². The van der Waals surface area contributed by atoms with Gasteiger partial charge in [0.25, 0.3) is 5.91 Å². The van der Waals surface area contributed by atoms with Crippen molar-refractivity contribution >= 4 is 5.91 Å². The first-order chi connectivity index (χ1) is 9.06. The number of phenols is 2. The summed E-state index contributed by atoms with van der Waals surface area (Å²) in [4.78, 5) is 19.9. The zero-order valence-corrected chi connectivity index (χ0v) is 10.3. The van der Waals surface area contributed by atoms with Gasteiger partial charge < -0.3 is 15.5 Å². The minimum Gasteiger partial charge on any atom is -0.508 e. The third kappa shape index (κ3) is 3.19. The minimum absolute atomic E-state index is 0.0192. The standard InChI is InChI=1S/C13H13N3O3/c1-8-14-5-4-9(16-8)7-15-13(19)11-6-10(17)2-3-12(11)18/h2-6,17-18H,7H2,1H3,(H,15,19). The molecule has 3 N–H and O–H groups in total. The normalized spacial score (nSPS) is 10.2. The minimum atomic E-state index is -0.482. The highest BCUT2D eigenvalue weighted by Crippen LogP contribution is 2.21. The number of aromatic hydroxyl groups is 2. The van der Waals surface area contributed by atoms with E-state index >= 15 is 0 Å². The maximum absolute atomic E-state index is 11.9. The van der Waals surface area contributed by atoms with E-state index in [-0.39, 0.29) is 23.6 Å². The Bertz CT molecular complexity index is 614. The summed E-state index contributed by atoms with van der Waals surface area (Å²) < 4.78 is 0. The Morgan fingerprint density at radius 2 is 2.11 bits per heavy atom. The maximum Gasteiger partial charge on any atom is 0.255 e. The van der Waals surface area contributed by atoms with Crippen molar-refractivity contribution in [2.45, 2.75) is 13.5 Å². The lowest BCUT2D eigenvalue weighted by Gasteiger charge is -2.07. The number of rotatable bonds is 3. The number of aromatic nitrogens is 2. The first-order valence-corrected chi connectivity index (χ1v) is 5.65. The topological polar surface area (TPSA) is 95.3 Å². The second-order valence-corrected chi connectivity index (χ2v) is 3.98. The highest BCUT2D eigenvalue weighted by molar-refractivity contribution is 5.97. The molecule has 2 rings (SSSR count). The molecule has 0 aliphatic rings. The smallest absolute Gasteiger partial charge is 0.255 e. The summed E-state index contributed by atoms with van der Waals surface area (Å²) >= 11 is 0. The number of benzene rings is 1. The van der Waals surface area contributed by atoms with Crippen molar-refractivity contribution in [3.63, 3.8) is 0 Å². The van der Waals surface area contributed by atoms with Gasteiger partial charge >= 0.3 is 0 Å². The molecule has 0 saturated heterocycles. The van der Waals surface area contributed by atoms with E-state index < -0.39 is 5.91 Å². The summed E-state index contributed by atoms with van der Waals surface area (Å²) in [5.74, 6) is -0.133. The van der Waals surface area contributed by atoms with Gasteiger partial charge in [-0.05, 0) is 31.2 Å². The predicted molar refractivity (Wildman–Crippen MR) is 67.7 cm³/mol. The molecule has 0 unspecified atom stereocenters. The van der Waals surface area contributed by atoms with E-state index in [0.29, 0.717) is 11.5 Å². The van der Waals surface area contributed by atoms with Gasteiger partial charge in [-0.3, -0.25) is 4.79 Å². The first-order valence-electron chi connectivity index (χ1n) is 5.65. The van der Waals surface area contributed by atoms with E-state index in [0.717, 1.165) is 0 Å². The summed E-state index contributed by atoms with van der Waals surface area (Å²) in [6.07, 6.45) is 1.61. The number of amides is 1. The van der Waals surface area contributed by atoms with E-state index in [4.69, 9.17) is 0 Å². The highest BCUT2D eigenvalue weighted by Gasteiger charge is 2.11. The molecule has 0 spiro atoms. The number of nitrogens with zero attached hydrogens (tertiary/aromatic N) is 2. The Kier molecular flexibility index (Phi) is 3.61. The van der Waals surface area contributed by atoms with E-state index in [1.54, 1.807) is 19.2 Å². The van der Waals surface area contributed by atoms with Crippen LogP contribution in [0.4, 0.5) is 0 Å². The Morgan fingerprint density at radius 3 is 2.84 bits per heavy atom. The third-order valence-corrected chi connectivity index (χ3v) is 2.49. The van der Waals surface area contributed by atoms with Crippen LogP contribution < -0.4 is 5.32 Å². The molecule has 0 aliphatic heterocycles. The largest absolute Gasteiger partial charge is 0.508 e. The number of carbonyl (C=O) groups excluding carboxylic acids is 1. The molecular formula is C13H13N3O3. The third-order valence-electron chi connectivity index (χ3n) is 2.49. The van der Waals surface area contributed by atoms with Crippen molar-refractivity contribution in [2.24, 2.45) is 0 Å². The van der Waals surface area contributed by atoms with E-state index in [9.17, 15) is 15.0 Å². The number of phenolic OH excluding ortho intramolecular Hbond substituents is 2. The lowest BCUT2D eigenvalue weighted by Crippen LogP contribution is -2.23. The van der Waals surface area contributed by atoms with Crippen molar-refractivity contribution in [3.05, 3.63) is 47.5 Å². The summed E-state index contributed by atoms with van der Waals surface area (Å²) in [6.45, 7) is 1.98. The fourth-order valence-electron chi connectivity index (χ4n) is 1.58. The molecule has 19 heavy (non-hydrogen) atoms. The van der Waals surface area contributed by atoms with Gasteiger partial charge in [-0.15, -0.1) is 0 Å². The van der Waals surface area contributed by atoms with E-state index in [1.165, 1.54) is 18.2 Å². The fourth-order valence-corrected chi connectivity index (χ4v) is 1.58. The lowest BCUT2D eigenvalue weighted by molar-refractivity contribution is 0.0947. The lowest BCUT2D eigenvalue weighted by atomic mass is 10.1. The molecule has 0 bridgehead atoms. The van der Waals surface area contributed by atoms with Gasteiger partial charge in [-0.25, -0.2) is 9.97 Å². The SMILES string of the molecule is Cc1nccc(CNC(=O)c2cc(O)ccc2O)n1. The van der Waals surface area contributed by atoms with Gasteiger partial charge in [-0.1, -0.05) is 0 Å². The average molecular weight is 259 g/mol. The van der Waals surface area contributed by atoms with Crippen molar-refractivity contribution in [1.82, 2.24) is 15.3 Å². The molecule has 1 amide bonds. The summed E-state index contributed by atoms with van der Waals surface area (Å²) in [5, 5.41) is 21.5. The Morgan fingerprint density at radius 1 is 1.32 bits per heavy atom.